The molecule has 0 aromatic heterocycles. The molecule has 2 saturated heterocycles. The second kappa shape index (κ2) is 10.1. The maximum absolute atomic E-state index is 11.7. The van der Waals surface area contributed by atoms with Crippen molar-refractivity contribution in [3.8, 4) is 5.75 Å². The number of halogens is 1. The number of piperidine rings is 1. The lowest BCUT2D eigenvalue weighted by atomic mass is 9.86. The van der Waals surface area contributed by atoms with Gasteiger partial charge in [0.2, 0.25) is 0 Å². The molecule has 34 heavy (non-hydrogen) atoms. The van der Waals surface area contributed by atoms with Gasteiger partial charge in [-0.15, -0.1) is 0 Å². The average molecular weight is 484 g/mol. The molecule has 2 aromatic rings. The SMILES string of the molecule is CCC1CCC(Oc2ccc3cc(C(C)N4CC5CCC4CC(C(=O)O)C5)ccc3c2Cl)CC1. The van der Waals surface area contributed by atoms with Gasteiger partial charge in [0.1, 0.15) is 5.75 Å². The number of fused-ring (bicyclic) bond motifs is 5. The Hall–Kier alpha value is -1.78. The summed E-state index contributed by atoms with van der Waals surface area (Å²) >= 11 is 6.83. The fourth-order valence-electron chi connectivity index (χ4n) is 6.75. The van der Waals surface area contributed by atoms with Gasteiger partial charge in [-0.1, -0.05) is 43.1 Å². The first-order valence-electron chi connectivity index (χ1n) is 13.3. The maximum Gasteiger partial charge on any atom is 0.306 e. The highest BCUT2D eigenvalue weighted by molar-refractivity contribution is 6.37. The van der Waals surface area contributed by atoms with E-state index in [1.165, 1.54) is 24.8 Å². The van der Waals surface area contributed by atoms with Crippen LogP contribution in [0.1, 0.15) is 83.2 Å². The summed E-state index contributed by atoms with van der Waals surface area (Å²) < 4.78 is 6.35. The molecule has 4 fully saturated rings. The van der Waals surface area contributed by atoms with E-state index in [1.54, 1.807) is 0 Å². The Labute approximate surface area is 208 Å². The van der Waals surface area contributed by atoms with Crippen molar-refractivity contribution in [2.75, 3.05) is 6.54 Å². The topological polar surface area (TPSA) is 49.8 Å². The van der Waals surface area contributed by atoms with Crippen LogP contribution < -0.4 is 4.74 Å². The molecule has 184 valence electrons. The number of hydrogen-bond donors (Lipinski definition) is 1. The Bertz CT molecular complexity index is 1030. The van der Waals surface area contributed by atoms with Crippen LogP contribution in [0.25, 0.3) is 10.8 Å². The van der Waals surface area contributed by atoms with E-state index in [4.69, 9.17) is 16.3 Å². The number of aliphatic carboxylic acids is 1. The van der Waals surface area contributed by atoms with E-state index in [-0.39, 0.29) is 18.1 Å². The molecule has 0 amide bonds. The second-order valence-electron chi connectivity index (χ2n) is 11.0. The number of carboxylic acid groups (broad SMARTS) is 1. The molecule has 1 N–H and O–H groups in total. The standard InChI is InChI=1S/C29H38ClNO3/c1-3-19-5-10-25(11-6-19)34-27-13-8-22-15-21(7-12-26(22)28(27)30)18(2)31-17-20-4-9-24(31)16-23(14-20)29(32)33/h7-8,12-13,15,18-20,23-25H,3-6,9-11,14,16-17H2,1-2H3,(H,32,33). The van der Waals surface area contributed by atoms with Crippen molar-refractivity contribution >= 4 is 28.3 Å². The van der Waals surface area contributed by atoms with Gasteiger partial charge < -0.3 is 9.84 Å². The lowest BCUT2D eigenvalue weighted by Crippen LogP contribution is -2.42. The van der Waals surface area contributed by atoms with Crippen LogP contribution in [0.15, 0.2) is 30.3 Å². The first-order valence-corrected chi connectivity index (χ1v) is 13.7. The summed E-state index contributed by atoms with van der Waals surface area (Å²) in [4.78, 5) is 14.3. The summed E-state index contributed by atoms with van der Waals surface area (Å²) in [6, 6.07) is 11.4. The van der Waals surface area contributed by atoms with Crippen molar-refractivity contribution < 1.29 is 14.6 Å². The highest BCUT2D eigenvalue weighted by Crippen LogP contribution is 2.42. The number of nitrogens with zero attached hydrogens (tertiary/aromatic N) is 1. The van der Waals surface area contributed by atoms with Crippen molar-refractivity contribution in [2.24, 2.45) is 17.8 Å². The van der Waals surface area contributed by atoms with Gasteiger partial charge >= 0.3 is 5.97 Å². The summed E-state index contributed by atoms with van der Waals surface area (Å²) in [7, 11) is 0. The number of carbonyl (C=O) groups is 1. The number of carboxylic acids is 1. The summed E-state index contributed by atoms with van der Waals surface area (Å²) in [5, 5.41) is 12.5. The highest BCUT2D eigenvalue weighted by atomic mass is 35.5. The Morgan fingerprint density at radius 3 is 2.65 bits per heavy atom. The zero-order chi connectivity index (χ0) is 23.8. The lowest BCUT2D eigenvalue weighted by molar-refractivity contribution is -0.142. The third kappa shape index (κ3) is 4.81. The number of rotatable bonds is 6. The second-order valence-corrected chi connectivity index (χ2v) is 11.4. The number of benzene rings is 2. The first-order chi connectivity index (χ1) is 16.4. The third-order valence-electron chi connectivity index (χ3n) is 8.96. The molecule has 4 nitrogen and oxygen atoms in total. The monoisotopic (exact) mass is 483 g/mol. The first kappa shape index (κ1) is 23.9. The molecular formula is C29H38ClNO3. The van der Waals surface area contributed by atoms with Crippen LogP contribution in [0, 0.1) is 17.8 Å². The number of hydrogen-bond acceptors (Lipinski definition) is 3. The van der Waals surface area contributed by atoms with Gasteiger partial charge in [-0.05, 0) is 93.2 Å². The molecule has 4 unspecified atom stereocenters. The van der Waals surface area contributed by atoms with Crippen LogP contribution in [0.3, 0.4) is 0 Å². The van der Waals surface area contributed by atoms with Gasteiger partial charge in [0, 0.05) is 24.0 Å². The Morgan fingerprint density at radius 2 is 1.91 bits per heavy atom. The van der Waals surface area contributed by atoms with Crippen molar-refractivity contribution in [1.82, 2.24) is 4.90 Å². The third-order valence-corrected chi connectivity index (χ3v) is 9.35. The molecule has 2 aliphatic carbocycles. The summed E-state index contributed by atoms with van der Waals surface area (Å²) in [5.74, 6) is 1.33. The van der Waals surface area contributed by atoms with Gasteiger partial charge in [-0.3, -0.25) is 9.69 Å². The van der Waals surface area contributed by atoms with E-state index in [0.29, 0.717) is 17.0 Å². The summed E-state index contributed by atoms with van der Waals surface area (Å²) in [5.41, 5.74) is 1.27. The van der Waals surface area contributed by atoms with E-state index in [0.717, 1.165) is 67.5 Å². The van der Waals surface area contributed by atoms with Gasteiger partial charge in [-0.25, -0.2) is 0 Å². The Balaban J connectivity index is 1.32. The average Bonchev–Trinajstić information content (AvgIpc) is 3.18. The molecule has 0 spiro atoms. The lowest BCUT2D eigenvalue weighted by Gasteiger charge is -2.41. The molecule has 2 heterocycles. The molecule has 2 aliphatic heterocycles. The number of ether oxygens (including phenoxy) is 1. The highest BCUT2D eigenvalue weighted by Gasteiger charge is 2.40. The van der Waals surface area contributed by atoms with Gasteiger partial charge in [-0.2, -0.15) is 0 Å². The molecular weight excluding hydrogens is 446 g/mol. The summed E-state index contributed by atoms with van der Waals surface area (Å²) in [6.45, 7) is 5.55. The quantitative estimate of drug-likeness (QED) is 0.462. The van der Waals surface area contributed by atoms with Gasteiger partial charge in [0.05, 0.1) is 17.0 Å². The molecule has 2 bridgehead atoms. The molecule has 0 radical (unpaired) electrons. The van der Waals surface area contributed by atoms with E-state index in [9.17, 15) is 9.90 Å². The van der Waals surface area contributed by atoms with Crippen LogP contribution in [0.5, 0.6) is 5.75 Å². The van der Waals surface area contributed by atoms with E-state index < -0.39 is 5.97 Å². The maximum atomic E-state index is 11.7. The summed E-state index contributed by atoms with van der Waals surface area (Å²) in [6.07, 6.45) is 10.1. The minimum absolute atomic E-state index is 0.194. The fourth-order valence-corrected chi connectivity index (χ4v) is 7.03. The van der Waals surface area contributed by atoms with Gasteiger partial charge in [0.15, 0.2) is 0 Å². The van der Waals surface area contributed by atoms with Crippen LogP contribution in [0.4, 0.5) is 0 Å². The van der Waals surface area contributed by atoms with Crippen LogP contribution >= 0.6 is 11.6 Å². The zero-order valence-electron chi connectivity index (χ0n) is 20.5. The molecule has 2 saturated carbocycles. The van der Waals surface area contributed by atoms with Crippen molar-refractivity contribution in [3.05, 3.63) is 40.9 Å². The molecule has 2 aromatic carbocycles. The van der Waals surface area contributed by atoms with E-state index >= 15 is 0 Å². The zero-order valence-corrected chi connectivity index (χ0v) is 21.3. The van der Waals surface area contributed by atoms with E-state index in [2.05, 4.69) is 43.0 Å². The van der Waals surface area contributed by atoms with Crippen LogP contribution in [-0.4, -0.2) is 34.7 Å². The van der Waals surface area contributed by atoms with Crippen molar-refractivity contribution in [1.29, 1.82) is 0 Å². The van der Waals surface area contributed by atoms with Crippen LogP contribution in [0.2, 0.25) is 5.02 Å². The van der Waals surface area contributed by atoms with Crippen molar-refractivity contribution in [3.63, 3.8) is 0 Å². The Morgan fingerprint density at radius 1 is 1.12 bits per heavy atom. The molecule has 6 rings (SSSR count). The van der Waals surface area contributed by atoms with Crippen LogP contribution in [-0.2, 0) is 4.79 Å². The largest absolute Gasteiger partial charge is 0.489 e. The predicted octanol–water partition coefficient (Wildman–Crippen LogP) is 7.48. The minimum atomic E-state index is -0.622. The minimum Gasteiger partial charge on any atom is -0.489 e. The predicted molar refractivity (Wildman–Crippen MR) is 138 cm³/mol. The molecule has 4 aliphatic rings. The molecule has 4 atom stereocenters. The van der Waals surface area contributed by atoms with E-state index in [1.807, 2.05) is 6.07 Å². The van der Waals surface area contributed by atoms with Gasteiger partial charge in [0.25, 0.3) is 0 Å². The molecule has 5 heteroatoms. The smallest absolute Gasteiger partial charge is 0.306 e. The normalized spacial score (nSPS) is 30.7. The Kier molecular flexibility index (Phi) is 7.09. The van der Waals surface area contributed by atoms with Crippen molar-refractivity contribution in [2.45, 2.75) is 89.8 Å². The fraction of sp³-hybridized carbons (Fsp3) is 0.621.